The highest BCUT2D eigenvalue weighted by Crippen LogP contribution is 2.38. The van der Waals surface area contributed by atoms with E-state index in [2.05, 4.69) is 15.9 Å². The maximum absolute atomic E-state index is 13.6. The number of rotatable bonds is 9. The molecule has 2 aromatic rings. The lowest BCUT2D eigenvalue weighted by Crippen LogP contribution is -2.32. The van der Waals surface area contributed by atoms with E-state index in [-0.39, 0.29) is 17.7 Å². The van der Waals surface area contributed by atoms with Crippen LogP contribution in [-0.4, -0.2) is 39.0 Å². The fraction of sp³-hybridized carbons (Fsp3) is 0.350. The molecule has 10 heteroatoms. The lowest BCUT2D eigenvalue weighted by molar-refractivity contribution is -0.150. The Kier molecular flexibility index (Phi) is 8.06. The topological polar surface area (TPSA) is 104 Å². The van der Waals surface area contributed by atoms with Gasteiger partial charge in [0.15, 0.2) is 0 Å². The van der Waals surface area contributed by atoms with Crippen LogP contribution in [0.15, 0.2) is 53.0 Å². The SMILES string of the molecule is N=S(=O)(CCC(c1ccc(-c2ccc(Br)cc2)cc1)C(F)(F)F)CC[C@H](N)C(=O)O. The van der Waals surface area contributed by atoms with Crippen molar-refractivity contribution >= 4 is 31.6 Å². The molecule has 0 aliphatic rings. The molecule has 4 N–H and O–H groups in total. The number of carboxylic acid groups (broad SMARTS) is 1. The van der Waals surface area contributed by atoms with E-state index in [1.165, 1.54) is 12.1 Å². The molecule has 2 rings (SSSR count). The Bertz CT molecular complexity index is 962. The van der Waals surface area contributed by atoms with Crippen LogP contribution in [0, 0.1) is 4.78 Å². The average Bonchev–Trinajstić information content (AvgIpc) is 2.66. The quantitative estimate of drug-likeness (QED) is 0.444. The van der Waals surface area contributed by atoms with Crippen LogP contribution in [0.4, 0.5) is 13.2 Å². The number of hydrogen-bond donors (Lipinski definition) is 3. The number of carboxylic acids is 1. The summed E-state index contributed by atoms with van der Waals surface area (Å²) < 4.78 is 61.8. The molecule has 3 atom stereocenters. The number of alkyl halides is 3. The van der Waals surface area contributed by atoms with Gasteiger partial charge in [0.1, 0.15) is 6.04 Å². The van der Waals surface area contributed by atoms with Crippen LogP contribution in [0.1, 0.15) is 24.3 Å². The Morgan fingerprint density at radius 2 is 1.50 bits per heavy atom. The summed E-state index contributed by atoms with van der Waals surface area (Å²) in [5.41, 5.74) is 6.97. The van der Waals surface area contributed by atoms with Gasteiger partial charge in [-0.05, 0) is 41.7 Å². The van der Waals surface area contributed by atoms with E-state index in [1.54, 1.807) is 12.1 Å². The third-order valence-electron chi connectivity index (χ3n) is 4.70. The predicted molar refractivity (Wildman–Crippen MR) is 114 cm³/mol. The number of nitrogens with one attached hydrogen (secondary N) is 1. The van der Waals surface area contributed by atoms with E-state index < -0.39 is 46.0 Å². The van der Waals surface area contributed by atoms with Crippen LogP contribution >= 0.6 is 15.9 Å². The molecule has 0 amide bonds. The van der Waals surface area contributed by atoms with Gasteiger partial charge >= 0.3 is 12.1 Å². The van der Waals surface area contributed by atoms with Gasteiger partial charge in [-0.1, -0.05) is 52.3 Å². The summed E-state index contributed by atoms with van der Waals surface area (Å²) in [7, 11) is -3.38. The van der Waals surface area contributed by atoms with Crippen molar-refractivity contribution < 1.29 is 27.3 Å². The van der Waals surface area contributed by atoms with Crippen molar-refractivity contribution in [2.45, 2.75) is 31.0 Å². The van der Waals surface area contributed by atoms with Crippen molar-refractivity contribution in [2.24, 2.45) is 5.73 Å². The highest BCUT2D eigenvalue weighted by molar-refractivity contribution is 9.10. The van der Waals surface area contributed by atoms with Crippen LogP contribution in [0.3, 0.4) is 0 Å². The number of hydrogen-bond acceptors (Lipinski definition) is 4. The van der Waals surface area contributed by atoms with Gasteiger partial charge in [0, 0.05) is 25.7 Å². The average molecular weight is 507 g/mol. The summed E-state index contributed by atoms with van der Waals surface area (Å²) in [5, 5.41) is 8.74. The molecule has 0 aromatic heterocycles. The van der Waals surface area contributed by atoms with Gasteiger partial charge < -0.3 is 10.8 Å². The Morgan fingerprint density at radius 3 is 1.97 bits per heavy atom. The van der Waals surface area contributed by atoms with Crippen molar-refractivity contribution in [1.29, 1.82) is 4.78 Å². The summed E-state index contributed by atoms with van der Waals surface area (Å²) >= 11 is 3.33. The van der Waals surface area contributed by atoms with Gasteiger partial charge in [-0.3, -0.25) is 9.57 Å². The maximum atomic E-state index is 13.6. The third-order valence-corrected chi connectivity index (χ3v) is 7.02. The fourth-order valence-corrected chi connectivity index (χ4v) is 4.64. The van der Waals surface area contributed by atoms with E-state index in [4.69, 9.17) is 15.6 Å². The number of nitrogens with two attached hydrogens (primary N) is 1. The fourth-order valence-electron chi connectivity index (χ4n) is 2.92. The Hall–Kier alpha value is -1.91. The van der Waals surface area contributed by atoms with Gasteiger partial charge in [-0.25, -0.2) is 4.21 Å². The van der Waals surface area contributed by atoms with Crippen molar-refractivity contribution in [3.05, 3.63) is 58.6 Å². The normalized spacial score (nSPS) is 15.9. The van der Waals surface area contributed by atoms with E-state index in [0.717, 1.165) is 15.6 Å². The summed E-state index contributed by atoms with van der Waals surface area (Å²) in [6.07, 6.45) is -5.31. The van der Waals surface area contributed by atoms with Gasteiger partial charge in [0.2, 0.25) is 0 Å². The minimum Gasteiger partial charge on any atom is -0.480 e. The van der Waals surface area contributed by atoms with Gasteiger partial charge in [0.05, 0.1) is 5.92 Å². The number of benzene rings is 2. The molecule has 0 spiro atoms. The first-order chi connectivity index (χ1) is 13.9. The summed E-state index contributed by atoms with van der Waals surface area (Å²) in [4.78, 5) is 10.7. The van der Waals surface area contributed by atoms with Gasteiger partial charge in [0.25, 0.3) is 0 Å². The molecule has 0 saturated carbocycles. The zero-order chi connectivity index (χ0) is 22.5. The standard InChI is InChI=1S/C20H22BrF3N2O3S/c21-16-7-5-14(6-8-16)13-1-3-15(4-2-13)17(20(22,23)24)9-11-30(26,29)12-10-18(25)19(27)28/h1-8,17-18,26H,9-12,25H2,(H,27,28)/t17?,18-,30?/m0/s1. The zero-order valence-corrected chi connectivity index (χ0v) is 18.3. The van der Waals surface area contributed by atoms with E-state index in [0.29, 0.717) is 0 Å². The van der Waals surface area contributed by atoms with Gasteiger partial charge in [-0.2, -0.15) is 13.2 Å². The highest BCUT2D eigenvalue weighted by atomic mass is 79.9. The molecule has 0 bridgehead atoms. The molecular weight excluding hydrogens is 485 g/mol. The lowest BCUT2D eigenvalue weighted by atomic mass is 9.94. The second-order valence-electron chi connectivity index (χ2n) is 6.97. The molecule has 0 saturated heterocycles. The Labute approximate surface area is 181 Å². The number of halogens is 4. The molecule has 164 valence electrons. The van der Waals surface area contributed by atoms with E-state index in [9.17, 15) is 22.2 Å². The van der Waals surface area contributed by atoms with E-state index in [1.807, 2.05) is 24.3 Å². The van der Waals surface area contributed by atoms with Crippen molar-refractivity contribution in [2.75, 3.05) is 11.5 Å². The minimum atomic E-state index is -4.56. The molecule has 2 aromatic carbocycles. The largest absolute Gasteiger partial charge is 0.480 e. The number of aliphatic carboxylic acids is 1. The van der Waals surface area contributed by atoms with Crippen molar-refractivity contribution in [3.8, 4) is 11.1 Å². The molecule has 2 unspecified atom stereocenters. The first-order valence-corrected chi connectivity index (χ1v) is 11.7. The predicted octanol–water partition coefficient (Wildman–Crippen LogP) is 5.00. The second-order valence-corrected chi connectivity index (χ2v) is 10.3. The lowest BCUT2D eigenvalue weighted by Gasteiger charge is -2.22. The molecule has 5 nitrogen and oxygen atoms in total. The van der Waals surface area contributed by atoms with Crippen molar-refractivity contribution in [1.82, 2.24) is 0 Å². The zero-order valence-electron chi connectivity index (χ0n) is 15.9. The highest BCUT2D eigenvalue weighted by Gasteiger charge is 2.40. The molecule has 0 radical (unpaired) electrons. The molecule has 0 aliphatic carbocycles. The molecular formula is C20H22BrF3N2O3S. The first kappa shape index (κ1) is 24.4. The first-order valence-electron chi connectivity index (χ1n) is 9.04. The van der Waals surface area contributed by atoms with E-state index >= 15 is 0 Å². The number of carbonyl (C=O) groups is 1. The van der Waals surface area contributed by atoms with Crippen LogP contribution in [0.2, 0.25) is 0 Å². The van der Waals surface area contributed by atoms with Crippen LogP contribution < -0.4 is 5.73 Å². The smallest absolute Gasteiger partial charge is 0.395 e. The van der Waals surface area contributed by atoms with Crippen molar-refractivity contribution in [3.63, 3.8) is 0 Å². The minimum absolute atomic E-state index is 0.0285. The monoisotopic (exact) mass is 506 g/mol. The second kappa shape index (κ2) is 9.93. The molecule has 30 heavy (non-hydrogen) atoms. The summed E-state index contributed by atoms with van der Waals surface area (Å²) in [5.74, 6) is -4.01. The molecule has 0 fully saturated rings. The summed E-state index contributed by atoms with van der Waals surface area (Å²) in [6.45, 7) is 0. The van der Waals surface area contributed by atoms with Crippen LogP contribution in [0.5, 0.6) is 0 Å². The van der Waals surface area contributed by atoms with Crippen LogP contribution in [0.25, 0.3) is 11.1 Å². The third kappa shape index (κ3) is 7.10. The molecule has 0 heterocycles. The summed E-state index contributed by atoms with van der Waals surface area (Å²) in [6, 6.07) is 12.0. The molecule has 0 aliphatic heterocycles. The maximum Gasteiger partial charge on any atom is 0.395 e. The Morgan fingerprint density at radius 1 is 1.03 bits per heavy atom. The Balaban J connectivity index is 2.12. The van der Waals surface area contributed by atoms with Crippen LogP contribution in [-0.2, 0) is 14.5 Å². The van der Waals surface area contributed by atoms with Gasteiger partial charge in [-0.15, -0.1) is 0 Å².